The third-order valence-electron chi connectivity index (χ3n) is 6.67. The molecule has 0 saturated carbocycles. The van der Waals surface area contributed by atoms with Crippen LogP contribution >= 0.6 is 0 Å². The fraction of sp³-hybridized carbons (Fsp3) is 0.241. The number of morpholine rings is 1. The minimum atomic E-state index is -0.230. The lowest BCUT2D eigenvalue weighted by Gasteiger charge is -2.36. The molecule has 0 amide bonds. The predicted octanol–water partition coefficient (Wildman–Crippen LogP) is 3.98. The zero-order valence-electron chi connectivity index (χ0n) is 22.3. The Morgan fingerprint density at radius 2 is 1.80 bits per heavy atom. The summed E-state index contributed by atoms with van der Waals surface area (Å²) >= 11 is 0. The Bertz CT molecular complexity index is 1700. The molecule has 1 N–H and O–H groups in total. The Kier molecular flexibility index (Phi) is 6.79. The van der Waals surface area contributed by atoms with Gasteiger partial charge in [0.05, 0.1) is 24.4 Å². The first-order valence-corrected chi connectivity index (χ1v) is 13.1. The average molecular weight is 536 g/mol. The zero-order chi connectivity index (χ0) is 27.6. The van der Waals surface area contributed by atoms with Crippen LogP contribution in [0.4, 0.5) is 17.3 Å². The van der Waals surface area contributed by atoms with E-state index in [0.717, 1.165) is 24.5 Å². The van der Waals surface area contributed by atoms with Gasteiger partial charge in [0.2, 0.25) is 5.95 Å². The van der Waals surface area contributed by atoms with Gasteiger partial charge < -0.3 is 15.0 Å². The largest absolute Gasteiger partial charge is 0.372 e. The number of nitrogens with zero attached hydrogens (tertiary/aromatic N) is 8. The minimum Gasteiger partial charge on any atom is -0.372 e. The zero-order valence-corrected chi connectivity index (χ0v) is 22.3. The van der Waals surface area contributed by atoms with E-state index in [1.54, 1.807) is 29.2 Å². The van der Waals surface area contributed by atoms with Crippen LogP contribution in [0.3, 0.4) is 0 Å². The molecule has 0 aliphatic carbocycles. The third kappa shape index (κ3) is 4.94. The predicted molar refractivity (Wildman–Crippen MR) is 154 cm³/mol. The molecule has 6 rings (SSSR count). The van der Waals surface area contributed by atoms with Crippen LogP contribution in [-0.2, 0) is 11.3 Å². The van der Waals surface area contributed by atoms with E-state index in [-0.39, 0.29) is 24.3 Å². The van der Waals surface area contributed by atoms with Gasteiger partial charge in [-0.15, -0.1) is 11.7 Å². The van der Waals surface area contributed by atoms with Crippen molar-refractivity contribution in [2.75, 3.05) is 23.3 Å². The minimum absolute atomic E-state index is 0.184. The number of hydrogen-bond donors (Lipinski definition) is 1. The fourth-order valence-corrected chi connectivity index (χ4v) is 5.00. The molecule has 202 valence electrons. The quantitative estimate of drug-likeness (QED) is 0.309. The van der Waals surface area contributed by atoms with Crippen molar-refractivity contribution in [1.29, 1.82) is 0 Å². The van der Waals surface area contributed by atoms with Crippen molar-refractivity contribution < 1.29 is 4.74 Å². The summed E-state index contributed by atoms with van der Waals surface area (Å²) in [5, 5.41) is 11.8. The molecule has 1 aromatic carbocycles. The molecule has 0 radical (unpaired) electrons. The molecule has 11 heteroatoms. The standard InChI is InChI=1S/C29H29N9O2/c1-4-15-37-28(39)23-16-30-29(32-21-10-12-22(13-11-21)36-17-19(2)40-20(3)18-36)34-27(23)38(37)26-9-5-7-24(33-26)25-8-6-14-31-35-25/h4-14,16,19-20H,1,15,17-18H2,2-3H3,(H,30,32,34)/t19-,20+. The van der Waals surface area contributed by atoms with Crippen molar-refractivity contribution in [3.05, 3.63) is 90.0 Å². The number of benzene rings is 1. The van der Waals surface area contributed by atoms with Gasteiger partial charge in [0, 0.05) is 36.9 Å². The highest BCUT2D eigenvalue weighted by molar-refractivity contribution is 5.77. The fourth-order valence-electron chi connectivity index (χ4n) is 5.00. The summed E-state index contributed by atoms with van der Waals surface area (Å²) < 4.78 is 9.09. The summed E-state index contributed by atoms with van der Waals surface area (Å²) in [6, 6.07) is 17.3. The van der Waals surface area contributed by atoms with E-state index in [9.17, 15) is 4.79 Å². The van der Waals surface area contributed by atoms with Gasteiger partial charge in [-0.2, -0.15) is 10.1 Å². The van der Waals surface area contributed by atoms with E-state index < -0.39 is 0 Å². The highest BCUT2D eigenvalue weighted by Gasteiger charge is 2.22. The van der Waals surface area contributed by atoms with Gasteiger partial charge in [-0.05, 0) is 62.4 Å². The lowest BCUT2D eigenvalue weighted by Crippen LogP contribution is -2.45. The number of nitrogens with one attached hydrogen (secondary N) is 1. The van der Waals surface area contributed by atoms with E-state index >= 15 is 0 Å². The molecule has 0 spiro atoms. The molecule has 0 unspecified atom stereocenters. The molecule has 5 aromatic rings. The first-order valence-electron chi connectivity index (χ1n) is 13.1. The molecule has 1 aliphatic rings. The maximum atomic E-state index is 13.3. The van der Waals surface area contributed by atoms with Crippen LogP contribution in [-0.4, -0.2) is 59.8 Å². The number of ether oxygens (including phenoxy) is 1. The van der Waals surface area contributed by atoms with Gasteiger partial charge in [0.25, 0.3) is 5.56 Å². The van der Waals surface area contributed by atoms with Crippen LogP contribution in [0.5, 0.6) is 0 Å². The molecule has 1 fully saturated rings. The number of pyridine rings is 1. The first-order chi connectivity index (χ1) is 19.5. The molecule has 40 heavy (non-hydrogen) atoms. The van der Waals surface area contributed by atoms with E-state index in [2.05, 4.69) is 58.0 Å². The smallest absolute Gasteiger partial charge is 0.278 e. The van der Waals surface area contributed by atoms with E-state index in [4.69, 9.17) is 14.7 Å². The van der Waals surface area contributed by atoms with Gasteiger partial charge in [-0.25, -0.2) is 19.3 Å². The summed E-state index contributed by atoms with van der Waals surface area (Å²) in [5.41, 5.74) is 3.42. The average Bonchev–Trinajstić information content (AvgIpc) is 3.24. The second-order valence-corrected chi connectivity index (χ2v) is 9.74. The summed E-state index contributed by atoms with van der Waals surface area (Å²) in [6.07, 6.45) is 5.18. The monoisotopic (exact) mass is 535 g/mol. The van der Waals surface area contributed by atoms with Crippen LogP contribution in [0.1, 0.15) is 13.8 Å². The van der Waals surface area contributed by atoms with Crippen molar-refractivity contribution >= 4 is 28.4 Å². The van der Waals surface area contributed by atoms with E-state index in [0.29, 0.717) is 34.2 Å². The summed E-state index contributed by atoms with van der Waals surface area (Å²) in [4.78, 5) is 29.6. The van der Waals surface area contributed by atoms with Crippen molar-refractivity contribution in [2.45, 2.75) is 32.6 Å². The number of hydrogen-bond acceptors (Lipinski definition) is 9. The maximum absolute atomic E-state index is 13.3. The van der Waals surface area contributed by atoms with Gasteiger partial charge in [0.1, 0.15) is 11.1 Å². The molecule has 0 bridgehead atoms. The van der Waals surface area contributed by atoms with Crippen molar-refractivity contribution in [3.8, 4) is 17.2 Å². The molecule has 1 saturated heterocycles. The molecule has 5 heterocycles. The number of fused-ring (bicyclic) bond motifs is 1. The Morgan fingerprint density at radius 1 is 1.02 bits per heavy atom. The maximum Gasteiger partial charge on any atom is 0.278 e. The Hall–Kier alpha value is -4.90. The Balaban J connectivity index is 1.35. The van der Waals surface area contributed by atoms with Gasteiger partial charge >= 0.3 is 0 Å². The van der Waals surface area contributed by atoms with Gasteiger partial charge in [-0.3, -0.25) is 4.79 Å². The van der Waals surface area contributed by atoms with Crippen LogP contribution in [0.2, 0.25) is 0 Å². The summed E-state index contributed by atoms with van der Waals surface area (Å²) in [6.45, 7) is 9.98. The van der Waals surface area contributed by atoms with Gasteiger partial charge in [-0.1, -0.05) is 12.1 Å². The molecule has 2 atom stereocenters. The van der Waals surface area contributed by atoms with Crippen LogP contribution in [0.25, 0.3) is 28.2 Å². The lowest BCUT2D eigenvalue weighted by molar-refractivity contribution is -0.00521. The summed E-state index contributed by atoms with van der Waals surface area (Å²) in [5.74, 6) is 0.878. The Morgan fingerprint density at radius 3 is 2.52 bits per heavy atom. The van der Waals surface area contributed by atoms with Crippen LogP contribution in [0, 0.1) is 0 Å². The molecular formula is C29H29N9O2. The molecular weight excluding hydrogens is 506 g/mol. The number of anilines is 3. The van der Waals surface area contributed by atoms with E-state index in [1.807, 2.05) is 36.4 Å². The topological polar surface area (TPSA) is 116 Å². The second kappa shape index (κ2) is 10.7. The van der Waals surface area contributed by atoms with Gasteiger partial charge in [0.15, 0.2) is 11.5 Å². The highest BCUT2D eigenvalue weighted by atomic mass is 16.5. The van der Waals surface area contributed by atoms with Crippen molar-refractivity contribution in [3.63, 3.8) is 0 Å². The highest BCUT2D eigenvalue weighted by Crippen LogP contribution is 2.24. The molecule has 11 nitrogen and oxygen atoms in total. The molecule has 4 aromatic heterocycles. The second-order valence-electron chi connectivity index (χ2n) is 9.74. The normalized spacial score (nSPS) is 17.2. The van der Waals surface area contributed by atoms with Crippen molar-refractivity contribution in [1.82, 2.24) is 34.5 Å². The SMILES string of the molecule is C=CCn1c(=O)c2cnc(Nc3ccc(N4C[C@@H](C)O[C@@H](C)C4)cc3)nc2n1-c1cccc(-c2cccnn2)n1. The Labute approximate surface area is 230 Å². The number of rotatable bonds is 7. The summed E-state index contributed by atoms with van der Waals surface area (Å²) in [7, 11) is 0. The lowest BCUT2D eigenvalue weighted by atomic mass is 10.2. The third-order valence-corrected chi connectivity index (χ3v) is 6.67. The number of aromatic nitrogens is 7. The van der Waals surface area contributed by atoms with Crippen LogP contribution in [0.15, 0.2) is 84.4 Å². The van der Waals surface area contributed by atoms with Crippen LogP contribution < -0.4 is 15.8 Å². The first kappa shape index (κ1) is 25.4. The van der Waals surface area contributed by atoms with E-state index in [1.165, 1.54) is 4.68 Å². The molecule has 1 aliphatic heterocycles. The van der Waals surface area contributed by atoms with Crippen molar-refractivity contribution in [2.24, 2.45) is 0 Å². The number of allylic oxidation sites excluding steroid dienone is 1.